The van der Waals surface area contributed by atoms with Gasteiger partial charge in [-0.1, -0.05) is 12.1 Å². The van der Waals surface area contributed by atoms with Crippen LogP contribution in [0.1, 0.15) is 31.4 Å². The minimum atomic E-state index is 0.00848. The van der Waals surface area contributed by atoms with Crippen LogP contribution in [0.5, 0.6) is 5.75 Å². The number of hydrogen-bond donors (Lipinski definition) is 1. The van der Waals surface area contributed by atoms with Crippen molar-refractivity contribution in [3.63, 3.8) is 0 Å². The molecule has 1 saturated heterocycles. The SMILES string of the molecule is CCOc1cccc(C2OCCCC2CO)c1. The molecule has 0 bridgehead atoms. The van der Waals surface area contributed by atoms with Crippen molar-refractivity contribution in [1.29, 1.82) is 0 Å². The van der Waals surface area contributed by atoms with Gasteiger partial charge in [-0.15, -0.1) is 0 Å². The first kappa shape index (κ1) is 12.4. The van der Waals surface area contributed by atoms with Gasteiger partial charge in [0, 0.05) is 19.1 Å². The third kappa shape index (κ3) is 2.99. The van der Waals surface area contributed by atoms with Crippen molar-refractivity contribution >= 4 is 0 Å². The van der Waals surface area contributed by atoms with E-state index < -0.39 is 0 Å². The lowest BCUT2D eigenvalue weighted by Crippen LogP contribution is -2.25. The van der Waals surface area contributed by atoms with Crippen LogP contribution in [0, 0.1) is 5.92 Å². The molecule has 3 nitrogen and oxygen atoms in total. The lowest BCUT2D eigenvalue weighted by atomic mass is 9.90. The molecule has 2 unspecified atom stereocenters. The third-order valence-corrected chi connectivity index (χ3v) is 3.18. The van der Waals surface area contributed by atoms with Crippen LogP contribution in [0.15, 0.2) is 24.3 Å². The monoisotopic (exact) mass is 236 g/mol. The van der Waals surface area contributed by atoms with E-state index in [0.717, 1.165) is 30.8 Å². The van der Waals surface area contributed by atoms with Crippen molar-refractivity contribution in [2.75, 3.05) is 19.8 Å². The highest BCUT2D eigenvalue weighted by Gasteiger charge is 2.26. The van der Waals surface area contributed by atoms with Gasteiger partial charge in [-0.2, -0.15) is 0 Å². The summed E-state index contributed by atoms with van der Waals surface area (Å²) in [6.07, 6.45) is 2.07. The van der Waals surface area contributed by atoms with E-state index in [9.17, 15) is 5.11 Å². The first-order valence-electron chi connectivity index (χ1n) is 6.30. The van der Waals surface area contributed by atoms with Crippen molar-refractivity contribution in [1.82, 2.24) is 0 Å². The van der Waals surface area contributed by atoms with E-state index in [1.165, 1.54) is 0 Å². The van der Waals surface area contributed by atoms with Crippen LogP contribution in [0.25, 0.3) is 0 Å². The Kier molecular flexibility index (Phi) is 4.40. The molecule has 94 valence electrons. The molecule has 1 aliphatic rings. The van der Waals surface area contributed by atoms with E-state index >= 15 is 0 Å². The van der Waals surface area contributed by atoms with E-state index in [4.69, 9.17) is 9.47 Å². The Morgan fingerprint density at radius 2 is 2.35 bits per heavy atom. The number of ether oxygens (including phenoxy) is 2. The highest BCUT2D eigenvalue weighted by atomic mass is 16.5. The summed E-state index contributed by atoms with van der Waals surface area (Å²) in [4.78, 5) is 0. The van der Waals surface area contributed by atoms with Crippen LogP contribution in [0.4, 0.5) is 0 Å². The molecule has 0 saturated carbocycles. The smallest absolute Gasteiger partial charge is 0.119 e. The third-order valence-electron chi connectivity index (χ3n) is 3.18. The average Bonchev–Trinajstić information content (AvgIpc) is 2.39. The molecular weight excluding hydrogens is 216 g/mol. The summed E-state index contributed by atoms with van der Waals surface area (Å²) in [5.74, 6) is 1.08. The molecule has 2 rings (SSSR count). The lowest BCUT2D eigenvalue weighted by Gasteiger charge is -2.31. The molecule has 0 aromatic heterocycles. The van der Waals surface area contributed by atoms with Crippen LogP contribution in [-0.2, 0) is 4.74 Å². The molecule has 0 spiro atoms. The van der Waals surface area contributed by atoms with Gasteiger partial charge in [0.2, 0.25) is 0 Å². The Bertz CT molecular complexity index is 351. The van der Waals surface area contributed by atoms with E-state index in [0.29, 0.717) is 6.61 Å². The summed E-state index contributed by atoms with van der Waals surface area (Å²) in [5, 5.41) is 9.38. The van der Waals surface area contributed by atoms with Crippen LogP contribution in [0.2, 0.25) is 0 Å². The zero-order valence-corrected chi connectivity index (χ0v) is 10.3. The van der Waals surface area contributed by atoms with Gasteiger partial charge < -0.3 is 14.6 Å². The Labute approximate surface area is 102 Å². The van der Waals surface area contributed by atoms with Crippen LogP contribution >= 0.6 is 0 Å². The van der Waals surface area contributed by atoms with Gasteiger partial charge in [0.25, 0.3) is 0 Å². The minimum absolute atomic E-state index is 0.00848. The van der Waals surface area contributed by atoms with Crippen LogP contribution in [0.3, 0.4) is 0 Å². The fourth-order valence-corrected chi connectivity index (χ4v) is 2.35. The zero-order valence-electron chi connectivity index (χ0n) is 10.3. The van der Waals surface area contributed by atoms with Gasteiger partial charge in [-0.3, -0.25) is 0 Å². The highest BCUT2D eigenvalue weighted by Crippen LogP contribution is 2.34. The lowest BCUT2D eigenvalue weighted by molar-refractivity contribution is -0.0458. The quantitative estimate of drug-likeness (QED) is 0.873. The normalized spacial score (nSPS) is 24.6. The number of rotatable bonds is 4. The minimum Gasteiger partial charge on any atom is -0.494 e. The van der Waals surface area contributed by atoms with E-state index in [2.05, 4.69) is 0 Å². The van der Waals surface area contributed by atoms with Gasteiger partial charge in [0.05, 0.1) is 12.7 Å². The Balaban J connectivity index is 2.16. The van der Waals surface area contributed by atoms with Crippen molar-refractivity contribution in [3.05, 3.63) is 29.8 Å². The molecule has 1 aromatic carbocycles. The maximum Gasteiger partial charge on any atom is 0.119 e. The van der Waals surface area contributed by atoms with Crippen molar-refractivity contribution < 1.29 is 14.6 Å². The van der Waals surface area contributed by atoms with Gasteiger partial charge in [-0.25, -0.2) is 0 Å². The van der Waals surface area contributed by atoms with Crippen molar-refractivity contribution in [2.45, 2.75) is 25.9 Å². The predicted octanol–water partition coefficient (Wildman–Crippen LogP) is 2.55. The fraction of sp³-hybridized carbons (Fsp3) is 0.571. The van der Waals surface area contributed by atoms with E-state index in [1.54, 1.807) is 0 Å². The second-order valence-electron chi connectivity index (χ2n) is 4.38. The molecule has 1 aliphatic heterocycles. The Morgan fingerprint density at radius 3 is 3.12 bits per heavy atom. The summed E-state index contributed by atoms with van der Waals surface area (Å²) in [5.41, 5.74) is 1.11. The van der Waals surface area contributed by atoms with E-state index in [-0.39, 0.29) is 18.6 Å². The second kappa shape index (κ2) is 6.03. The molecule has 1 heterocycles. The standard InChI is InChI=1S/C14H20O3/c1-2-16-13-7-3-5-11(9-13)14-12(10-15)6-4-8-17-14/h3,5,7,9,12,14-15H,2,4,6,8,10H2,1H3. The molecule has 2 atom stereocenters. The Morgan fingerprint density at radius 1 is 1.47 bits per heavy atom. The molecule has 1 fully saturated rings. The highest BCUT2D eigenvalue weighted by molar-refractivity contribution is 5.30. The van der Waals surface area contributed by atoms with E-state index in [1.807, 2.05) is 31.2 Å². The molecule has 1 aromatic rings. The fourth-order valence-electron chi connectivity index (χ4n) is 2.35. The number of benzene rings is 1. The molecule has 0 aliphatic carbocycles. The van der Waals surface area contributed by atoms with Gasteiger partial charge in [0.1, 0.15) is 5.75 Å². The molecule has 1 N–H and O–H groups in total. The zero-order chi connectivity index (χ0) is 12.1. The van der Waals surface area contributed by atoms with Gasteiger partial charge in [0.15, 0.2) is 0 Å². The maximum absolute atomic E-state index is 9.38. The molecule has 0 radical (unpaired) electrons. The van der Waals surface area contributed by atoms with Gasteiger partial charge >= 0.3 is 0 Å². The molecule has 0 amide bonds. The van der Waals surface area contributed by atoms with Crippen LogP contribution in [-0.4, -0.2) is 24.9 Å². The number of hydrogen-bond acceptors (Lipinski definition) is 3. The van der Waals surface area contributed by atoms with Gasteiger partial charge in [-0.05, 0) is 37.5 Å². The molecule has 3 heteroatoms. The summed E-state index contributed by atoms with van der Waals surface area (Å²) in [7, 11) is 0. The average molecular weight is 236 g/mol. The molecule has 17 heavy (non-hydrogen) atoms. The summed E-state index contributed by atoms with van der Waals surface area (Å²) >= 11 is 0. The predicted molar refractivity (Wildman–Crippen MR) is 66.1 cm³/mol. The first-order valence-corrected chi connectivity index (χ1v) is 6.30. The first-order chi connectivity index (χ1) is 8.35. The second-order valence-corrected chi connectivity index (χ2v) is 4.38. The van der Waals surface area contributed by atoms with Crippen molar-refractivity contribution in [2.24, 2.45) is 5.92 Å². The summed E-state index contributed by atoms with van der Waals surface area (Å²) in [6, 6.07) is 7.99. The maximum atomic E-state index is 9.38. The summed E-state index contributed by atoms with van der Waals surface area (Å²) < 4.78 is 11.3. The largest absolute Gasteiger partial charge is 0.494 e. The number of aliphatic hydroxyl groups is 1. The topological polar surface area (TPSA) is 38.7 Å². The van der Waals surface area contributed by atoms with Crippen LogP contribution < -0.4 is 4.74 Å². The van der Waals surface area contributed by atoms with Crippen molar-refractivity contribution in [3.8, 4) is 5.75 Å². The number of aliphatic hydroxyl groups excluding tert-OH is 1. The Hall–Kier alpha value is -1.06. The molecular formula is C14H20O3. The summed E-state index contributed by atoms with van der Waals surface area (Å²) in [6.45, 7) is 3.60.